The Morgan fingerprint density at radius 2 is 1.67 bits per heavy atom. The summed E-state index contributed by atoms with van der Waals surface area (Å²) in [5, 5.41) is 3.02. The van der Waals surface area contributed by atoms with Gasteiger partial charge in [0.15, 0.2) is 0 Å². The summed E-state index contributed by atoms with van der Waals surface area (Å²) in [7, 11) is 1.65. The maximum Gasteiger partial charge on any atom is 0.224 e. The van der Waals surface area contributed by atoms with Gasteiger partial charge in [0, 0.05) is 19.5 Å². The second-order valence-corrected chi connectivity index (χ2v) is 7.81. The number of ether oxygens (including phenoxy) is 2. The zero-order valence-corrected chi connectivity index (χ0v) is 18.9. The van der Waals surface area contributed by atoms with Crippen LogP contribution in [0, 0.1) is 0 Å². The van der Waals surface area contributed by atoms with Crippen molar-refractivity contribution < 1.29 is 14.3 Å². The Morgan fingerprint density at radius 1 is 0.939 bits per heavy atom. The van der Waals surface area contributed by atoms with Crippen LogP contribution in [-0.4, -0.2) is 35.7 Å². The molecule has 33 heavy (non-hydrogen) atoms. The first-order valence-corrected chi connectivity index (χ1v) is 11.2. The smallest absolute Gasteiger partial charge is 0.224 e. The minimum absolute atomic E-state index is 0.0248. The topological polar surface area (TPSA) is 65.4 Å². The predicted octanol–water partition coefficient (Wildman–Crippen LogP) is 4.42. The van der Waals surface area contributed by atoms with Crippen molar-refractivity contribution in [2.75, 3.05) is 20.3 Å². The minimum Gasteiger partial charge on any atom is -0.497 e. The molecule has 1 heterocycles. The van der Waals surface area contributed by atoms with Crippen molar-refractivity contribution >= 4 is 16.9 Å². The van der Waals surface area contributed by atoms with Gasteiger partial charge in [-0.1, -0.05) is 42.5 Å². The zero-order chi connectivity index (χ0) is 22.9. The lowest BCUT2D eigenvalue weighted by Crippen LogP contribution is -2.28. The van der Waals surface area contributed by atoms with E-state index in [4.69, 9.17) is 14.5 Å². The summed E-state index contributed by atoms with van der Waals surface area (Å²) < 4.78 is 13.3. The van der Waals surface area contributed by atoms with Gasteiger partial charge in [-0.15, -0.1) is 0 Å². The number of para-hydroxylation sites is 2. The summed E-state index contributed by atoms with van der Waals surface area (Å²) in [5.41, 5.74) is 3.09. The number of carbonyl (C=O) groups is 1. The maximum atomic E-state index is 12.3. The van der Waals surface area contributed by atoms with Crippen LogP contribution in [0.15, 0.2) is 78.9 Å². The van der Waals surface area contributed by atoms with Crippen LogP contribution in [0.2, 0.25) is 0 Å². The van der Waals surface area contributed by atoms with E-state index in [-0.39, 0.29) is 5.91 Å². The molecule has 0 atom stereocenters. The fourth-order valence-corrected chi connectivity index (χ4v) is 3.81. The van der Waals surface area contributed by atoms with E-state index in [0.717, 1.165) is 46.9 Å². The van der Waals surface area contributed by atoms with E-state index in [1.54, 1.807) is 7.11 Å². The summed E-state index contributed by atoms with van der Waals surface area (Å²) in [6, 6.07) is 25.5. The number of rotatable bonds is 11. The predicted molar refractivity (Wildman–Crippen MR) is 130 cm³/mol. The van der Waals surface area contributed by atoms with Crippen molar-refractivity contribution in [2.24, 2.45) is 0 Å². The molecule has 1 amide bonds. The van der Waals surface area contributed by atoms with Gasteiger partial charge < -0.3 is 19.4 Å². The van der Waals surface area contributed by atoms with Gasteiger partial charge in [0.25, 0.3) is 0 Å². The van der Waals surface area contributed by atoms with Crippen LogP contribution in [0.5, 0.6) is 11.5 Å². The number of hydrogen-bond acceptors (Lipinski definition) is 4. The largest absolute Gasteiger partial charge is 0.497 e. The van der Waals surface area contributed by atoms with Crippen molar-refractivity contribution in [3.8, 4) is 11.5 Å². The Balaban J connectivity index is 1.32. The quantitative estimate of drug-likeness (QED) is 0.349. The molecule has 0 aliphatic carbocycles. The first-order valence-electron chi connectivity index (χ1n) is 11.2. The van der Waals surface area contributed by atoms with Gasteiger partial charge >= 0.3 is 0 Å². The Kier molecular flexibility index (Phi) is 7.59. The van der Waals surface area contributed by atoms with Gasteiger partial charge in [-0.25, -0.2) is 4.98 Å². The van der Waals surface area contributed by atoms with Gasteiger partial charge in [-0.3, -0.25) is 4.79 Å². The number of nitrogens with zero attached hydrogens (tertiary/aromatic N) is 2. The highest BCUT2D eigenvalue weighted by Gasteiger charge is 2.11. The van der Waals surface area contributed by atoms with Gasteiger partial charge in [-0.05, 0) is 48.4 Å². The van der Waals surface area contributed by atoms with Crippen molar-refractivity contribution in [1.29, 1.82) is 0 Å². The summed E-state index contributed by atoms with van der Waals surface area (Å²) in [5.74, 6) is 2.64. The third-order valence-corrected chi connectivity index (χ3v) is 5.47. The minimum atomic E-state index is 0.0248. The molecule has 0 aliphatic rings. The van der Waals surface area contributed by atoms with Gasteiger partial charge in [0.05, 0.1) is 31.2 Å². The van der Waals surface area contributed by atoms with Crippen LogP contribution in [0.1, 0.15) is 17.8 Å². The number of aromatic nitrogens is 2. The highest BCUT2D eigenvalue weighted by atomic mass is 16.5. The summed E-state index contributed by atoms with van der Waals surface area (Å²) in [6.45, 7) is 1.95. The second-order valence-electron chi connectivity index (χ2n) is 7.81. The summed E-state index contributed by atoms with van der Waals surface area (Å²) >= 11 is 0. The van der Waals surface area contributed by atoms with E-state index in [9.17, 15) is 4.79 Å². The van der Waals surface area contributed by atoms with Gasteiger partial charge in [-0.2, -0.15) is 0 Å². The highest BCUT2D eigenvalue weighted by Crippen LogP contribution is 2.19. The Labute approximate surface area is 194 Å². The zero-order valence-electron chi connectivity index (χ0n) is 18.9. The second kappa shape index (κ2) is 11.2. The number of benzene rings is 3. The molecule has 4 aromatic rings. The Hall–Kier alpha value is -3.80. The van der Waals surface area contributed by atoms with Crippen molar-refractivity contribution in [3.63, 3.8) is 0 Å². The average Bonchev–Trinajstić information content (AvgIpc) is 3.20. The Morgan fingerprint density at radius 3 is 2.45 bits per heavy atom. The Bertz CT molecular complexity index is 1170. The molecule has 0 saturated carbocycles. The molecule has 0 fully saturated rings. The number of imidazole rings is 1. The number of hydrogen-bond donors (Lipinski definition) is 1. The number of methoxy groups -OCH3 is 1. The molecule has 0 saturated heterocycles. The van der Waals surface area contributed by atoms with E-state index < -0.39 is 0 Å². The standard InChI is InChI=1S/C27H29N3O3/c1-32-22-12-14-23(15-13-22)33-19-7-18-30-25-11-6-5-10-24(25)29-26(30)16-17-28-27(31)20-21-8-3-2-4-9-21/h2-6,8-15H,7,16-20H2,1H3,(H,28,31). The first kappa shape index (κ1) is 22.4. The fourth-order valence-electron chi connectivity index (χ4n) is 3.81. The maximum absolute atomic E-state index is 12.3. The van der Waals surface area contributed by atoms with E-state index in [1.807, 2.05) is 72.8 Å². The molecule has 170 valence electrons. The molecule has 1 aromatic heterocycles. The average molecular weight is 444 g/mol. The van der Waals surface area contributed by atoms with Crippen LogP contribution in [0.4, 0.5) is 0 Å². The molecule has 6 nitrogen and oxygen atoms in total. The molecule has 0 radical (unpaired) electrons. The number of carbonyl (C=O) groups excluding carboxylic acids is 1. The van der Waals surface area contributed by atoms with E-state index in [1.165, 1.54) is 0 Å². The molecule has 0 unspecified atom stereocenters. The number of fused-ring (bicyclic) bond motifs is 1. The third kappa shape index (κ3) is 6.13. The third-order valence-electron chi connectivity index (χ3n) is 5.47. The molecule has 0 aliphatic heterocycles. The van der Waals surface area contributed by atoms with Gasteiger partial charge in [0.1, 0.15) is 17.3 Å². The van der Waals surface area contributed by atoms with Gasteiger partial charge in [0.2, 0.25) is 5.91 Å². The monoisotopic (exact) mass is 443 g/mol. The molecule has 0 bridgehead atoms. The van der Waals surface area contributed by atoms with E-state index in [0.29, 0.717) is 26.0 Å². The van der Waals surface area contributed by atoms with E-state index in [2.05, 4.69) is 16.0 Å². The summed E-state index contributed by atoms with van der Waals surface area (Å²) in [6.07, 6.45) is 1.91. The molecular weight excluding hydrogens is 414 g/mol. The fraction of sp³-hybridized carbons (Fsp3) is 0.259. The number of aryl methyl sites for hydroxylation is 1. The molecule has 6 heteroatoms. The first-order chi connectivity index (χ1) is 16.2. The molecule has 3 aromatic carbocycles. The van der Waals surface area contributed by atoms with Crippen LogP contribution in [0.25, 0.3) is 11.0 Å². The lowest BCUT2D eigenvalue weighted by Gasteiger charge is -2.11. The van der Waals surface area contributed by atoms with Crippen LogP contribution in [-0.2, 0) is 24.2 Å². The number of amides is 1. The van der Waals surface area contributed by atoms with Crippen LogP contribution >= 0.6 is 0 Å². The van der Waals surface area contributed by atoms with Crippen molar-refractivity contribution in [3.05, 3.63) is 90.3 Å². The normalized spacial score (nSPS) is 10.8. The SMILES string of the molecule is COc1ccc(OCCCn2c(CCNC(=O)Cc3ccccc3)nc3ccccc32)cc1. The highest BCUT2D eigenvalue weighted by molar-refractivity contribution is 5.78. The van der Waals surface area contributed by atoms with Crippen molar-refractivity contribution in [2.45, 2.75) is 25.8 Å². The molecule has 1 N–H and O–H groups in total. The summed E-state index contributed by atoms with van der Waals surface area (Å²) in [4.78, 5) is 17.1. The van der Waals surface area contributed by atoms with Crippen LogP contribution < -0.4 is 14.8 Å². The van der Waals surface area contributed by atoms with Crippen LogP contribution in [0.3, 0.4) is 0 Å². The lowest BCUT2D eigenvalue weighted by molar-refractivity contribution is -0.120. The van der Waals surface area contributed by atoms with Crippen molar-refractivity contribution in [1.82, 2.24) is 14.9 Å². The molecular formula is C27H29N3O3. The lowest BCUT2D eigenvalue weighted by atomic mass is 10.1. The van der Waals surface area contributed by atoms with E-state index >= 15 is 0 Å². The molecule has 4 rings (SSSR count). The molecule has 0 spiro atoms. The number of nitrogens with one attached hydrogen (secondary N) is 1.